The Bertz CT molecular complexity index is 598. The quantitative estimate of drug-likeness (QED) is 0.891. The van der Waals surface area contributed by atoms with Crippen molar-refractivity contribution in [1.29, 1.82) is 0 Å². The van der Waals surface area contributed by atoms with Gasteiger partial charge in [0.15, 0.2) is 0 Å². The van der Waals surface area contributed by atoms with Crippen LogP contribution in [-0.2, 0) is 4.79 Å². The molecule has 3 rings (SSSR count). The van der Waals surface area contributed by atoms with Gasteiger partial charge in [0.1, 0.15) is 0 Å². The van der Waals surface area contributed by atoms with E-state index in [-0.39, 0.29) is 18.4 Å². The molecule has 1 unspecified atom stereocenters. The van der Waals surface area contributed by atoms with Gasteiger partial charge in [-0.2, -0.15) is 0 Å². The molecule has 2 N–H and O–H groups in total. The molecule has 6 heteroatoms. The van der Waals surface area contributed by atoms with Gasteiger partial charge in [-0.25, -0.2) is 0 Å². The van der Waals surface area contributed by atoms with Crippen LogP contribution in [0.1, 0.15) is 28.9 Å². The number of fused-ring (bicyclic) bond motifs is 1. The summed E-state index contributed by atoms with van der Waals surface area (Å²) in [6.45, 7) is 0. The van der Waals surface area contributed by atoms with E-state index in [1.165, 1.54) is 11.3 Å². The molecule has 0 aliphatic heterocycles. The first-order valence-electron chi connectivity index (χ1n) is 6.13. The molecule has 1 saturated carbocycles. The molecule has 2 aromatic rings. The monoisotopic (exact) mass is 295 g/mol. The molecule has 2 heterocycles. The number of rotatable bonds is 5. The lowest BCUT2D eigenvalue weighted by Crippen LogP contribution is -2.37. The number of carboxylic acid groups (broad SMARTS) is 1. The van der Waals surface area contributed by atoms with Crippen LogP contribution in [0.2, 0.25) is 0 Å². The standard InChI is InChI=1S/C13H13NO3S2/c15-12(16)5-8(7-1-2-7)14-13(17)11-6-10-9(19-11)3-4-18-10/h3-4,6-8H,1-2,5H2,(H,14,17)(H,15,16). The van der Waals surface area contributed by atoms with E-state index in [1.807, 2.05) is 17.5 Å². The predicted octanol–water partition coefficient (Wildman–Crippen LogP) is 2.95. The summed E-state index contributed by atoms with van der Waals surface area (Å²) in [6, 6.07) is 3.65. The third kappa shape index (κ3) is 2.79. The number of nitrogens with one attached hydrogen (secondary N) is 1. The molecule has 0 aromatic carbocycles. The van der Waals surface area contributed by atoms with Crippen molar-refractivity contribution in [3.8, 4) is 0 Å². The molecule has 2 aromatic heterocycles. The number of thiophene rings is 2. The fraction of sp³-hybridized carbons (Fsp3) is 0.385. The lowest BCUT2D eigenvalue weighted by atomic mass is 10.1. The summed E-state index contributed by atoms with van der Waals surface area (Å²) in [5.74, 6) is -0.669. The minimum atomic E-state index is -0.857. The minimum Gasteiger partial charge on any atom is -0.481 e. The average Bonchev–Trinajstić information content (AvgIpc) is 2.95. The second-order valence-corrected chi connectivity index (χ2v) is 6.81. The van der Waals surface area contributed by atoms with Gasteiger partial charge in [0.25, 0.3) is 5.91 Å². The number of hydrogen-bond donors (Lipinski definition) is 2. The average molecular weight is 295 g/mol. The highest BCUT2D eigenvalue weighted by molar-refractivity contribution is 7.27. The number of amides is 1. The number of hydrogen-bond acceptors (Lipinski definition) is 4. The maximum Gasteiger partial charge on any atom is 0.305 e. The lowest BCUT2D eigenvalue weighted by Gasteiger charge is -2.15. The Hall–Kier alpha value is -1.40. The zero-order chi connectivity index (χ0) is 13.4. The van der Waals surface area contributed by atoms with Crippen molar-refractivity contribution in [2.24, 2.45) is 5.92 Å². The van der Waals surface area contributed by atoms with Crippen molar-refractivity contribution in [2.75, 3.05) is 0 Å². The van der Waals surface area contributed by atoms with Gasteiger partial charge in [0, 0.05) is 15.4 Å². The first kappa shape index (κ1) is 12.6. The molecule has 19 heavy (non-hydrogen) atoms. The summed E-state index contributed by atoms with van der Waals surface area (Å²) in [4.78, 5) is 23.6. The van der Waals surface area contributed by atoms with E-state index >= 15 is 0 Å². The number of carbonyl (C=O) groups is 2. The van der Waals surface area contributed by atoms with Crippen molar-refractivity contribution < 1.29 is 14.7 Å². The Morgan fingerprint density at radius 3 is 2.84 bits per heavy atom. The summed E-state index contributed by atoms with van der Waals surface area (Å²) in [7, 11) is 0. The van der Waals surface area contributed by atoms with E-state index in [4.69, 9.17) is 5.11 Å². The van der Waals surface area contributed by atoms with Crippen LogP contribution in [0.4, 0.5) is 0 Å². The van der Waals surface area contributed by atoms with Crippen molar-refractivity contribution >= 4 is 43.9 Å². The molecule has 100 valence electrons. The lowest BCUT2D eigenvalue weighted by molar-refractivity contribution is -0.137. The van der Waals surface area contributed by atoms with Gasteiger partial charge >= 0.3 is 5.97 Å². The zero-order valence-corrected chi connectivity index (χ0v) is 11.7. The predicted molar refractivity (Wildman–Crippen MR) is 75.9 cm³/mol. The van der Waals surface area contributed by atoms with Gasteiger partial charge in [-0.05, 0) is 36.3 Å². The first-order chi connectivity index (χ1) is 9.13. The van der Waals surface area contributed by atoms with Gasteiger partial charge in [-0.1, -0.05) is 0 Å². The highest BCUT2D eigenvalue weighted by atomic mass is 32.1. The Balaban J connectivity index is 1.72. The van der Waals surface area contributed by atoms with Crippen molar-refractivity contribution in [2.45, 2.75) is 25.3 Å². The summed E-state index contributed by atoms with van der Waals surface area (Å²) in [5, 5.41) is 13.8. The molecule has 4 nitrogen and oxygen atoms in total. The molecule has 1 aliphatic rings. The second kappa shape index (κ2) is 4.94. The Morgan fingerprint density at radius 1 is 1.42 bits per heavy atom. The minimum absolute atomic E-state index is 0.0101. The fourth-order valence-corrected chi connectivity index (χ4v) is 4.15. The highest BCUT2D eigenvalue weighted by Crippen LogP contribution is 2.35. The van der Waals surface area contributed by atoms with Crippen LogP contribution in [0.5, 0.6) is 0 Å². The van der Waals surface area contributed by atoms with Crippen LogP contribution in [0, 0.1) is 5.92 Å². The van der Waals surface area contributed by atoms with Gasteiger partial charge in [-0.3, -0.25) is 9.59 Å². The maximum atomic E-state index is 12.1. The maximum absolute atomic E-state index is 12.1. The Labute approximate surface area is 118 Å². The zero-order valence-electron chi connectivity index (χ0n) is 10.1. The van der Waals surface area contributed by atoms with Crippen LogP contribution in [-0.4, -0.2) is 23.0 Å². The molecule has 0 spiro atoms. The smallest absolute Gasteiger partial charge is 0.305 e. The second-order valence-electron chi connectivity index (χ2n) is 4.77. The molecule has 1 fully saturated rings. The summed E-state index contributed by atoms with van der Waals surface area (Å²) < 4.78 is 2.22. The van der Waals surface area contributed by atoms with Crippen LogP contribution >= 0.6 is 22.7 Å². The van der Waals surface area contributed by atoms with Crippen LogP contribution in [0.3, 0.4) is 0 Å². The normalized spacial score (nSPS) is 16.4. The number of carboxylic acids is 1. The fourth-order valence-electron chi connectivity index (χ4n) is 2.14. The third-order valence-electron chi connectivity index (χ3n) is 3.27. The van der Waals surface area contributed by atoms with Gasteiger partial charge in [0.05, 0.1) is 11.3 Å². The van der Waals surface area contributed by atoms with E-state index in [9.17, 15) is 9.59 Å². The van der Waals surface area contributed by atoms with Crippen molar-refractivity contribution in [3.05, 3.63) is 22.4 Å². The molecule has 1 atom stereocenters. The summed E-state index contributed by atoms with van der Waals surface area (Å²) in [6.07, 6.45) is 2.03. The highest BCUT2D eigenvalue weighted by Gasteiger charge is 2.34. The SMILES string of the molecule is O=C(O)CC(NC(=O)c1cc2sccc2s1)C1CC1. The summed E-state index contributed by atoms with van der Waals surface area (Å²) in [5.41, 5.74) is 0. The van der Waals surface area contributed by atoms with E-state index in [0.29, 0.717) is 10.8 Å². The van der Waals surface area contributed by atoms with Gasteiger partial charge < -0.3 is 10.4 Å². The van der Waals surface area contributed by atoms with E-state index in [0.717, 1.165) is 22.2 Å². The van der Waals surface area contributed by atoms with Gasteiger partial charge in [-0.15, -0.1) is 22.7 Å². The van der Waals surface area contributed by atoms with Crippen molar-refractivity contribution in [1.82, 2.24) is 5.32 Å². The van der Waals surface area contributed by atoms with E-state index in [2.05, 4.69) is 5.32 Å². The summed E-state index contributed by atoms with van der Waals surface area (Å²) >= 11 is 3.07. The topological polar surface area (TPSA) is 66.4 Å². The number of carbonyl (C=O) groups excluding carboxylic acids is 1. The van der Waals surface area contributed by atoms with Gasteiger partial charge in [0.2, 0.25) is 0 Å². The molecule has 0 saturated heterocycles. The molecule has 1 aliphatic carbocycles. The third-order valence-corrected chi connectivity index (χ3v) is 5.36. The largest absolute Gasteiger partial charge is 0.481 e. The van der Waals surface area contributed by atoms with Crippen LogP contribution < -0.4 is 5.32 Å². The Kier molecular flexibility index (Phi) is 3.28. The molecule has 0 radical (unpaired) electrons. The van der Waals surface area contributed by atoms with E-state index in [1.54, 1.807) is 11.3 Å². The molecule has 0 bridgehead atoms. The first-order valence-corrected chi connectivity index (χ1v) is 7.83. The number of aliphatic carboxylic acids is 1. The van der Waals surface area contributed by atoms with Crippen molar-refractivity contribution in [3.63, 3.8) is 0 Å². The molecular weight excluding hydrogens is 282 g/mol. The van der Waals surface area contributed by atoms with Crippen LogP contribution in [0.25, 0.3) is 9.40 Å². The van der Waals surface area contributed by atoms with Crippen LogP contribution in [0.15, 0.2) is 17.5 Å². The molecular formula is C13H13NO3S2. The van der Waals surface area contributed by atoms with E-state index < -0.39 is 5.97 Å². The molecule has 1 amide bonds. The Morgan fingerprint density at radius 2 is 2.21 bits per heavy atom.